The summed E-state index contributed by atoms with van der Waals surface area (Å²) in [5, 5.41) is 13.4. The topological polar surface area (TPSA) is 52.6 Å². The Labute approximate surface area is 97.0 Å². The van der Waals surface area contributed by atoms with Crippen molar-refractivity contribution in [3.8, 4) is 0 Å². The molecule has 1 amide bonds. The van der Waals surface area contributed by atoms with E-state index in [1.165, 1.54) is 12.8 Å². The minimum atomic E-state index is -0.621. The largest absolute Gasteiger partial charge is 0.388 e. The van der Waals surface area contributed by atoms with E-state index in [1.807, 2.05) is 0 Å². The van der Waals surface area contributed by atoms with Gasteiger partial charge in [0.1, 0.15) is 0 Å². The second-order valence-electron chi connectivity index (χ2n) is 5.34. The molecule has 2 aliphatic rings. The normalized spacial score (nSPS) is 23.4. The fourth-order valence-electron chi connectivity index (χ4n) is 2.37. The van der Waals surface area contributed by atoms with E-state index in [4.69, 9.17) is 0 Å². The van der Waals surface area contributed by atoms with E-state index in [0.717, 1.165) is 25.7 Å². The molecule has 0 spiro atoms. The van der Waals surface area contributed by atoms with E-state index in [1.54, 1.807) is 11.9 Å². The zero-order chi connectivity index (χ0) is 11.6. The van der Waals surface area contributed by atoms with Gasteiger partial charge in [-0.3, -0.25) is 4.79 Å². The third kappa shape index (κ3) is 3.19. The number of nitrogens with zero attached hydrogens (tertiary/aromatic N) is 1. The van der Waals surface area contributed by atoms with Crippen LogP contribution in [0.3, 0.4) is 0 Å². The fraction of sp³-hybridized carbons (Fsp3) is 0.917. The summed E-state index contributed by atoms with van der Waals surface area (Å²) in [7, 11) is 1.78. The Balaban J connectivity index is 1.72. The van der Waals surface area contributed by atoms with E-state index in [0.29, 0.717) is 19.1 Å². The first-order chi connectivity index (χ1) is 7.59. The number of nitrogens with one attached hydrogen (secondary N) is 1. The van der Waals surface area contributed by atoms with Crippen molar-refractivity contribution in [3.05, 3.63) is 0 Å². The van der Waals surface area contributed by atoms with Gasteiger partial charge in [-0.15, -0.1) is 0 Å². The summed E-state index contributed by atoms with van der Waals surface area (Å²) in [5.74, 6) is 0.0900. The van der Waals surface area contributed by atoms with Crippen LogP contribution in [0.25, 0.3) is 0 Å². The second-order valence-corrected chi connectivity index (χ2v) is 5.34. The molecular formula is C12H22N2O2. The molecule has 4 nitrogen and oxygen atoms in total. The van der Waals surface area contributed by atoms with Gasteiger partial charge in [-0.1, -0.05) is 12.8 Å². The van der Waals surface area contributed by atoms with Gasteiger partial charge in [-0.2, -0.15) is 0 Å². The summed E-state index contributed by atoms with van der Waals surface area (Å²) in [4.78, 5) is 13.4. The highest BCUT2D eigenvalue weighted by Gasteiger charge is 2.33. The van der Waals surface area contributed by atoms with Crippen LogP contribution in [0, 0.1) is 0 Å². The van der Waals surface area contributed by atoms with Crippen LogP contribution >= 0.6 is 0 Å². The van der Waals surface area contributed by atoms with Gasteiger partial charge in [0.15, 0.2) is 0 Å². The third-order valence-electron chi connectivity index (χ3n) is 3.61. The van der Waals surface area contributed by atoms with Gasteiger partial charge in [0, 0.05) is 19.6 Å². The molecule has 0 atom stereocenters. The van der Waals surface area contributed by atoms with E-state index < -0.39 is 5.60 Å². The van der Waals surface area contributed by atoms with Crippen molar-refractivity contribution >= 4 is 5.91 Å². The van der Waals surface area contributed by atoms with Gasteiger partial charge >= 0.3 is 0 Å². The summed E-state index contributed by atoms with van der Waals surface area (Å²) < 4.78 is 0. The lowest BCUT2D eigenvalue weighted by Gasteiger charge is -2.28. The first-order valence-corrected chi connectivity index (χ1v) is 6.29. The highest BCUT2D eigenvalue weighted by molar-refractivity contribution is 5.78. The van der Waals surface area contributed by atoms with Crippen molar-refractivity contribution in [3.63, 3.8) is 0 Å². The third-order valence-corrected chi connectivity index (χ3v) is 3.61. The average molecular weight is 226 g/mol. The van der Waals surface area contributed by atoms with Gasteiger partial charge < -0.3 is 15.3 Å². The lowest BCUT2D eigenvalue weighted by atomic mass is 10.0. The average Bonchev–Trinajstić information content (AvgIpc) is 2.98. The molecule has 0 unspecified atom stereocenters. The highest BCUT2D eigenvalue weighted by atomic mass is 16.3. The van der Waals surface area contributed by atoms with Gasteiger partial charge in [-0.05, 0) is 25.7 Å². The van der Waals surface area contributed by atoms with E-state index in [-0.39, 0.29) is 5.91 Å². The Kier molecular flexibility index (Phi) is 3.50. The number of amides is 1. The van der Waals surface area contributed by atoms with Gasteiger partial charge in [0.05, 0.1) is 12.1 Å². The molecule has 0 saturated heterocycles. The molecule has 2 saturated carbocycles. The molecule has 0 heterocycles. The van der Waals surface area contributed by atoms with Crippen molar-refractivity contribution in [1.29, 1.82) is 0 Å². The summed E-state index contributed by atoms with van der Waals surface area (Å²) in [5.41, 5.74) is -0.621. The molecule has 2 rings (SSSR count). The summed E-state index contributed by atoms with van der Waals surface area (Å²) >= 11 is 0. The Morgan fingerprint density at radius 2 is 2.06 bits per heavy atom. The van der Waals surface area contributed by atoms with Crippen molar-refractivity contribution in [2.24, 2.45) is 0 Å². The number of aliphatic hydroxyl groups is 1. The molecule has 0 aromatic heterocycles. The Morgan fingerprint density at radius 1 is 1.44 bits per heavy atom. The summed E-state index contributed by atoms with van der Waals surface area (Å²) in [6.45, 7) is 0.898. The van der Waals surface area contributed by atoms with E-state index in [9.17, 15) is 9.90 Å². The first-order valence-electron chi connectivity index (χ1n) is 6.29. The van der Waals surface area contributed by atoms with Crippen molar-refractivity contribution in [2.75, 3.05) is 20.1 Å². The van der Waals surface area contributed by atoms with Gasteiger partial charge in [-0.25, -0.2) is 0 Å². The summed E-state index contributed by atoms with van der Waals surface area (Å²) in [6.07, 6.45) is 6.22. The van der Waals surface area contributed by atoms with E-state index >= 15 is 0 Å². The Morgan fingerprint density at radius 3 is 2.62 bits per heavy atom. The maximum Gasteiger partial charge on any atom is 0.236 e. The molecule has 0 aromatic rings. The molecule has 0 bridgehead atoms. The highest BCUT2D eigenvalue weighted by Crippen LogP contribution is 2.29. The number of hydrogen-bond acceptors (Lipinski definition) is 3. The van der Waals surface area contributed by atoms with Crippen molar-refractivity contribution in [2.45, 2.75) is 50.2 Å². The zero-order valence-electron chi connectivity index (χ0n) is 10.0. The minimum Gasteiger partial charge on any atom is -0.388 e. The first kappa shape index (κ1) is 11.9. The maximum absolute atomic E-state index is 11.8. The molecule has 0 radical (unpaired) electrons. The zero-order valence-corrected chi connectivity index (χ0v) is 10.0. The second kappa shape index (κ2) is 4.72. The molecule has 2 N–H and O–H groups in total. The number of likely N-dealkylation sites (N-methyl/N-ethyl adjacent to an activating group) is 1. The SMILES string of the molecule is CN(CC1(O)CCCC1)C(=O)CNC1CC1. The predicted octanol–water partition coefficient (Wildman–Crippen LogP) is 0.502. The number of carbonyl (C=O) groups excluding carboxylic acids is 1. The molecular weight excluding hydrogens is 204 g/mol. The quantitative estimate of drug-likeness (QED) is 0.718. The lowest BCUT2D eigenvalue weighted by Crippen LogP contribution is -2.45. The van der Waals surface area contributed by atoms with Crippen LogP contribution in [0.1, 0.15) is 38.5 Å². The number of carbonyl (C=O) groups is 1. The molecule has 0 aromatic carbocycles. The summed E-state index contributed by atoms with van der Waals surface area (Å²) in [6, 6.07) is 0.562. The van der Waals surface area contributed by atoms with Crippen LogP contribution in [0.4, 0.5) is 0 Å². The van der Waals surface area contributed by atoms with Crippen LogP contribution in [0.2, 0.25) is 0 Å². The predicted molar refractivity (Wildman–Crippen MR) is 62.1 cm³/mol. The molecule has 4 heteroatoms. The molecule has 2 fully saturated rings. The van der Waals surface area contributed by atoms with Crippen LogP contribution in [-0.4, -0.2) is 47.7 Å². The van der Waals surface area contributed by atoms with Crippen LogP contribution in [0.15, 0.2) is 0 Å². The molecule has 0 aliphatic heterocycles. The molecule has 92 valence electrons. The van der Waals surface area contributed by atoms with Crippen molar-refractivity contribution < 1.29 is 9.90 Å². The maximum atomic E-state index is 11.8. The van der Waals surface area contributed by atoms with Crippen LogP contribution in [0.5, 0.6) is 0 Å². The fourth-order valence-corrected chi connectivity index (χ4v) is 2.37. The Bertz CT molecular complexity index is 258. The van der Waals surface area contributed by atoms with E-state index in [2.05, 4.69) is 5.32 Å². The minimum absolute atomic E-state index is 0.0900. The number of rotatable bonds is 5. The monoisotopic (exact) mass is 226 g/mol. The standard InChI is InChI=1S/C12H22N2O2/c1-14(9-12(16)6-2-3-7-12)11(15)8-13-10-4-5-10/h10,13,16H,2-9H2,1H3. The molecule has 2 aliphatic carbocycles. The smallest absolute Gasteiger partial charge is 0.236 e. The van der Waals surface area contributed by atoms with Crippen LogP contribution < -0.4 is 5.32 Å². The Hall–Kier alpha value is -0.610. The van der Waals surface area contributed by atoms with Crippen molar-refractivity contribution in [1.82, 2.24) is 10.2 Å². The van der Waals surface area contributed by atoms with Gasteiger partial charge in [0.25, 0.3) is 0 Å². The molecule has 16 heavy (non-hydrogen) atoms. The van der Waals surface area contributed by atoms with Gasteiger partial charge in [0.2, 0.25) is 5.91 Å². The van der Waals surface area contributed by atoms with Crippen LogP contribution in [-0.2, 0) is 4.79 Å². The number of hydrogen-bond donors (Lipinski definition) is 2. The lowest BCUT2D eigenvalue weighted by molar-refractivity contribution is -0.132.